The number of hydrogen-bond donors (Lipinski definition) is 2. The van der Waals surface area contributed by atoms with Crippen molar-refractivity contribution in [3.8, 4) is 0 Å². The van der Waals surface area contributed by atoms with Gasteiger partial charge in [0.15, 0.2) is 0 Å². The Morgan fingerprint density at radius 2 is 1.88 bits per heavy atom. The van der Waals surface area contributed by atoms with Gasteiger partial charge in [-0.25, -0.2) is 0 Å². The van der Waals surface area contributed by atoms with Crippen molar-refractivity contribution in [3.63, 3.8) is 0 Å². The number of hydrogen-bond acceptors (Lipinski definition) is 2. The zero-order valence-corrected chi connectivity index (χ0v) is 10.3. The van der Waals surface area contributed by atoms with Crippen LogP contribution in [0.15, 0.2) is 36.9 Å². The topological polar surface area (TPSA) is 72.2 Å². The van der Waals surface area contributed by atoms with E-state index in [0.717, 1.165) is 0 Å². The number of rotatable bonds is 4. The van der Waals surface area contributed by atoms with E-state index in [0.29, 0.717) is 6.54 Å². The second-order valence-electron chi connectivity index (χ2n) is 2.91. The molecule has 82 valence electrons. The molecule has 0 saturated heterocycles. The van der Waals surface area contributed by atoms with Crippen molar-refractivity contribution >= 4 is 11.8 Å². The number of nitrogens with two attached hydrogens (primary N) is 1. The van der Waals surface area contributed by atoms with Crippen LogP contribution < -0.4 is 11.1 Å². The van der Waals surface area contributed by atoms with E-state index in [9.17, 15) is 9.59 Å². The quantitative estimate of drug-likeness (QED) is 0.611. The van der Waals surface area contributed by atoms with Crippen molar-refractivity contribution in [2.24, 2.45) is 5.73 Å². The van der Waals surface area contributed by atoms with Gasteiger partial charge in [0.2, 0.25) is 5.91 Å². The molecule has 0 atom stereocenters. The standard InChI is InChI=1S/C11H12N2O2.Ti/c1-2-7-13-11(15)9-6-4-3-5-8(9)10(12)14;/h2-6H,1,7H2,(H2,12,14)(H,13,15);. The summed E-state index contributed by atoms with van der Waals surface area (Å²) < 4.78 is 0. The first kappa shape index (κ1) is 14.6. The molecule has 0 saturated carbocycles. The van der Waals surface area contributed by atoms with Gasteiger partial charge in [0.25, 0.3) is 5.91 Å². The molecule has 4 nitrogen and oxygen atoms in total. The molecule has 0 radical (unpaired) electrons. The molecule has 1 aromatic carbocycles. The minimum absolute atomic E-state index is 0. The molecule has 0 aromatic heterocycles. The summed E-state index contributed by atoms with van der Waals surface area (Å²) in [6.45, 7) is 3.83. The number of primary amides is 1. The van der Waals surface area contributed by atoms with Crippen LogP contribution in [0.1, 0.15) is 20.7 Å². The van der Waals surface area contributed by atoms with Gasteiger partial charge < -0.3 is 11.1 Å². The van der Waals surface area contributed by atoms with E-state index >= 15 is 0 Å². The third-order valence-electron chi connectivity index (χ3n) is 1.84. The van der Waals surface area contributed by atoms with Crippen LogP contribution in [0.5, 0.6) is 0 Å². The third-order valence-corrected chi connectivity index (χ3v) is 1.84. The summed E-state index contributed by atoms with van der Waals surface area (Å²) in [4.78, 5) is 22.6. The Bertz CT molecular complexity index is 405. The van der Waals surface area contributed by atoms with E-state index < -0.39 is 5.91 Å². The van der Waals surface area contributed by atoms with E-state index in [1.807, 2.05) is 0 Å². The fourth-order valence-electron chi connectivity index (χ4n) is 1.16. The van der Waals surface area contributed by atoms with Gasteiger partial charge >= 0.3 is 0 Å². The molecule has 0 unspecified atom stereocenters. The van der Waals surface area contributed by atoms with Crippen LogP contribution >= 0.6 is 0 Å². The zero-order chi connectivity index (χ0) is 11.3. The van der Waals surface area contributed by atoms with Crippen LogP contribution in [0.2, 0.25) is 0 Å². The Morgan fingerprint density at radius 3 is 2.38 bits per heavy atom. The first-order valence-corrected chi connectivity index (χ1v) is 4.44. The van der Waals surface area contributed by atoms with Gasteiger partial charge in [0.1, 0.15) is 0 Å². The number of nitrogens with one attached hydrogen (secondary N) is 1. The zero-order valence-electron chi connectivity index (χ0n) is 8.69. The van der Waals surface area contributed by atoms with Crippen molar-refractivity contribution < 1.29 is 31.3 Å². The first-order valence-electron chi connectivity index (χ1n) is 4.44. The molecule has 0 fully saturated rings. The smallest absolute Gasteiger partial charge is 0.252 e. The molecular weight excluding hydrogens is 240 g/mol. The molecule has 0 aliphatic rings. The molecule has 0 heterocycles. The summed E-state index contributed by atoms with van der Waals surface area (Å²) >= 11 is 0. The average molecular weight is 252 g/mol. The van der Waals surface area contributed by atoms with E-state index in [1.165, 1.54) is 6.07 Å². The van der Waals surface area contributed by atoms with Gasteiger partial charge in [-0.1, -0.05) is 18.2 Å². The van der Waals surface area contributed by atoms with E-state index in [2.05, 4.69) is 11.9 Å². The van der Waals surface area contributed by atoms with Crippen LogP contribution in [0.25, 0.3) is 0 Å². The Labute approximate surface area is 109 Å². The molecular formula is C11H12N2O2Ti. The number of benzene rings is 1. The van der Waals surface area contributed by atoms with Crippen LogP contribution in [0, 0.1) is 0 Å². The first-order chi connectivity index (χ1) is 7.16. The Kier molecular flexibility index (Phi) is 6.38. The molecule has 0 spiro atoms. The Hall–Kier alpha value is -1.39. The number of amides is 2. The second-order valence-corrected chi connectivity index (χ2v) is 2.91. The van der Waals surface area contributed by atoms with Crippen molar-refractivity contribution in [1.29, 1.82) is 0 Å². The maximum absolute atomic E-state index is 11.6. The minimum atomic E-state index is -0.612. The third kappa shape index (κ3) is 3.64. The van der Waals surface area contributed by atoms with Crippen molar-refractivity contribution in [3.05, 3.63) is 48.0 Å². The number of carbonyl (C=O) groups excluding carboxylic acids is 2. The maximum Gasteiger partial charge on any atom is 0.252 e. The molecule has 1 rings (SSSR count). The molecule has 3 N–H and O–H groups in total. The predicted octanol–water partition coefficient (Wildman–Crippen LogP) is 0.699. The summed E-state index contributed by atoms with van der Waals surface area (Å²) in [5, 5.41) is 2.58. The van der Waals surface area contributed by atoms with Gasteiger partial charge in [-0.15, -0.1) is 6.58 Å². The van der Waals surface area contributed by atoms with Crippen molar-refractivity contribution in [2.45, 2.75) is 0 Å². The fraction of sp³-hybridized carbons (Fsp3) is 0.0909. The predicted molar refractivity (Wildman–Crippen MR) is 57.5 cm³/mol. The monoisotopic (exact) mass is 252 g/mol. The van der Waals surface area contributed by atoms with E-state index in [1.54, 1.807) is 24.3 Å². The Morgan fingerprint density at radius 1 is 1.31 bits per heavy atom. The van der Waals surface area contributed by atoms with Crippen LogP contribution in [-0.4, -0.2) is 18.4 Å². The molecule has 16 heavy (non-hydrogen) atoms. The molecule has 0 aliphatic carbocycles. The normalized spacial score (nSPS) is 8.75. The SMILES string of the molecule is C=CCNC(=O)c1ccccc1C(N)=O.[Ti]. The minimum Gasteiger partial charge on any atom is -0.366 e. The van der Waals surface area contributed by atoms with Crippen LogP contribution in [0.3, 0.4) is 0 Å². The molecule has 0 bridgehead atoms. The summed E-state index contributed by atoms with van der Waals surface area (Å²) in [5.41, 5.74) is 5.65. The van der Waals surface area contributed by atoms with Crippen molar-refractivity contribution in [1.82, 2.24) is 5.32 Å². The summed E-state index contributed by atoms with van der Waals surface area (Å²) in [5.74, 6) is -0.941. The maximum atomic E-state index is 11.6. The van der Waals surface area contributed by atoms with Gasteiger partial charge in [-0.2, -0.15) is 0 Å². The van der Waals surface area contributed by atoms with E-state index in [4.69, 9.17) is 5.73 Å². The van der Waals surface area contributed by atoms with E-state index in [-0.39, 0.29) is 38.8 Å². The molecule has 2 amide bonds. The molecule has 0 aliphatic heterocycles. The summed E-state index contributed by atoms with van der Waals surface area (Å²) in [7, 11) is 0. The Balaban J connectivity index is 0.00000225. The summed E-state index contributed by atoms with van der Waals surface area (Å²) in [6, 6.07) is 6.41. The summed E-state index contributed by atoms with van der Waals surface area (Å²) in [6.07, 6.45) is 1.56. The fourth-order valence-corrected chi connectivity index (χ4v) is 1.16. The van der Waals surface area contributed by atoms with Gasteiger partial charge in [-0.05, 0) is 12.1 Å². The molecule has 5 heteroatoms. The average Bonchev–Trinajstić information content (AvgIpc) is 2.25. The van der Waals surface area contributed by atoms with Gasteiger partial charge in [0.05, 0.1) is 11.1 Å². The van der Waals surface area contributed by atoms with Crippen LogP contribution in [0.4, 0.5) is 0 Å². The van der Waals surface area contributed by atoms with Crippen LogP contribution in [-0.2, 0) is 21.7 Å². The van der Waals surface area contributed by atoms with Gasteiger partial charge in [-0.3, -0.25) is 9.59 Å². The van der Waals surface area contributed by atoms with Gasteiger partial charge in [0, 0.05) is 28.3 Å². The number of carbonyl (C=O) groups is 2. The second kappa shape index (κ2) is 6.98. The van der Waals surface area contributed by atoms with Crippen molar-refractivity contribution in [2.75, 3.05) is 6.54 Å². The molecule has 1 aromatic rings. The largest absolute Gasteiger partial charge is 0.366 e.